The van der Waals surface area contributed by atoms with Gasteiger partial charge in [0.2, 0.25) is 5.91 Å². The van der Waals surface area contributed by atoms with E-state index < -0.39 is 0 Å². The molecule has 1 amide bonds. The summed E-state index contributed by atoms with van der Waals surface area (Å²) in [6.45, 7) is 8.09. The maximum atomic E-state index is 11.5. The summed E-state index contributed by atoms with van der Waals surface area (Å²) in [7, 11) is 0. The zero-order valence-corrected chi connectivity index (χ0v) is 9.85. The molecule has 0 aromatic carbocycles. The van der Waals surface area contributed by atoms with Crippen molar-refractivity contribution in [3.63, 3.8) is 0 Å². The average Bonchev–Trinajstić information content (AvgIpc) is 2.47. The highest BCUT2D eigenvalue weighted by Crippen LogP contribution is 2.14. The van der Waals surface area contributed by atoms with Gasteiger partial charge in [0, 0.05) is 17.7 Å². The minimum atomic E-state index is 0.0401. The monoisotopic (exact) mass is 209 g/mol. The van der Waals surface area contributed by atoms with E-state index in [0.29, 0.717) is 18.2 Å². The van der Waals surface area contributed by atoms with Gasteiger partial charge in [-0.3, -0.25) is 9.89 Å². The Hall–Kier alpha value is -1.32. The van der Waals surface area contributed by atoms with E-state index in [1.165, 1.54) is 0 Å². The van der Waals surface area contributed by atoms with Crippen molar-refractivity contribution in [3.05, 3.63) is 11.3 Å². The van der Waals surface area contributed by atoms with Crippen LogP contribution in [-0.4, -0.2) is 16.1 Å². The first kappa shape index (κ1) is 11.8. The van der Waals surface area contributed by atoms with Crippen LogP contribution >= 0.6 is 0 Å². The number of aromatic amines is 1. The van der Waals surface area contributed by atoms with E-state index >= 15 is 0 Å². The van der Waals surface area contributed by atoms with Gasteiger partial charge < -0.3 is 5.32 Å². The maximum absolute atomic E-state index is 11.5. The van der Waals surface area contributed by atoms with Crippen LogP contribution in [-0.2, 0) is 4.79 Å². The first-order valence-corrected chi connectivity index (χ1v) is 5.32. The van der Waals surface area contributed by atoms with Gasteiger partial charge in [-0.05, 0) is 26.2 Å². The van der Waals surface area contributed by atoms with Gasteiger partial charge in [-0.25, -0.2) is 0 Å². The van der Waals surface area contributed by atoms with Crippen molar-refractivity contribution in [1.82, 2.24) is 10.2 Å². The molecular formula is C11H19N3O. The predicted molar refractivity (Wildman–Crippen MR) is 60.8 cm³/mol. The summed E-state index contributed by atoms with van der Waals surface area (Å²) in [4.78, 5) is 11.5. The minimum absolute atomic E-state index is 0.0401. The molecule has 0 bridgehead atoms. The van der Waals surface area contributed by atoms with Crippen LogP contribution in [0.25, 0.3) is 0 Å². The molecule has 0 saturated carbocycles. The van der Waals surface area contributed by atoms with Crippen molar-refractivity contribution < 1.29 is 4.79 Å². The lowest BCUT2D eigenvalue weighted by molar-refractivity contribution is -0.116. The van der Waals surface area contributed by atoms with E-state index in [1.807, 2.05) is 13.8 Å². The summed E-state index contributed by atoms with van der Waals surface area (Å²) >= 11 is 0. The van der Waals surface area contributed by atoms with E-state index in [-0.39, 0.29) is 5.91 Å². The Morgan fingerprint density at radius 2 is 2.13 bits per heavy atom. The lowest BCUT2D eigenvalue weighted by Gasteiger charge is -2.05. The Morgan fingerprint density at radius 3 is 2.60 bits per heavy atom. The fourth-order valence-electron chi connectivity index (χ4n) is 1.22. The molecule has 1 aromatic heterocycles. The number of rotatable bonds is 4. The SMILES string of the molecule is Cc1[nH]nc(NC(=O)CCC(C)C)c1C. The van der Waals surface area contributed by atoms with Crippen molar-refractivity contribution in [1.29, 1.82) is 0 Å². The Kier molecular flexibility index (Phi) is 3.88. The molecule has 1 aromatic rings. The van der Waals surface area contributed by atoms with Crippen molar-refractivity contribution >= 4 is 11.7 Å². The van der Waals surface area contributed by atoms with Gasteiger partial charge in [-0.15, -0.1) is 0 Å². The number of hydrogen-bond donors (Lipinski definition) is 2. The molecule has 0 saturated heterocycles. The van der Waals surface area contributed by atoms with Gasteiger partial charge in [-0.1, -0.05) is 13.8 Å². The number of amides is 1. The first-order chi connectivity index (χ1) is 7.00. The van der Waals surface area contributed by atoms with E-state index in [4.69, 9.17) is 0 Å². The number of hydrogen-bond acceptors (Lipinski definition) is 2. The van der Waals surface area contributed by atoms with Crippen LogP contribution in [0.4, 0.5) is 5.82 Å². The largest absolute Gasteiger partial charge is 0.309 e. The van der Waals surface area contributed by atoms with Crippen molar-refractivity contribution in [3.8, 4) is 0 Å². The fourth-order valence-corrected chi connectivity index (χ4v) is 1.22. The van der Waals surface area contributed by atoms with Crippen LogP contribution in [0, 0.1) is 19.8 Å². The highest BCUT2D eigenvalue weighted by Gasteiger charge is 2.09. The van der Waals surface area contributed by atoms with E-state index in [1.54, 1.807) is 0 Å². The van der Waals surface area contributed by atoms with Crippen molar-refractivity contribution in [2.75, 3.05) is 5.32 Å². The molecule has 0 fully saturated rings. The van der Waals surface area contributed by atoms with E-state index in [0.717, 1.165) is 17.7 Å². The Balaban J connectivity index is 2.48. The smallest absolute Gasteiger partial charge is 0.225 e. The lowest BCUT2D eigenvalue weighted by Crippen LogP contribution is -2.13. The second-order valence-corrected chi connectivity index (χ2v) is 4.30. The van der Waals surface area contributed by atoms with Gasteiger partial charge in [0.1, 0.15) is 0 Å². The molecule has 0 spiro atoms. The molecule has 4 heteroatoms. The standard InChI is InChI=1S/C11H19N3O/c1-7(2)5-6-10(15)12-11-8(3)9(4)13-14-11/h7H,5-6H2,1-4H3,(H2,12,13,14,15). The third-order valence-electron chi connectivity index (χ3n) is 2.46. The number of H-pyrrole nitrogens is 1. The van der Waals surface area contributed by atoms with Gasteiger partial charge >= 0.3 is 0 Å². The highest BCUT2D eigenvalue weighted by molar-refractivity contribution is 5.90. The van der Waals surface area contributed by atoms with Gasteiger partial charge in [-0.2, -0.15) is 5.10 Å². The summed E-state index contributed by atoms with van der Waals surface area (Å²) < 4.78 is 0. The number of nitrogens with one attached hydrogen (secondary N) is 2. The Morgan fingerprint density at radius 1 is 1.47 bits per heavy atom. The summed E-state index contributed by atoms with van der Waals surface area (Å²) in [5.74, 6) is 1.25. The quantitative estimate of drug-likeness (QED) is 0.800. The Bertz CT molecular complexity index is 342. The molecule has 0 aliphatic carbocycles. The number of nitrogens with zero attached hydrogens (tertiary/aromatic N) is 1. The predicted octanol–water partition coefficient (Wildman–Crippen LogP) is 2.40. The van der Waals surface area contributed by atoms with Gasteiger partial charge in [0.05, 0.1) is 0 Å². The van der Waals surface area contributed by atoms with Crippen LogP contribution in [0.1, 0.15) is 37.9 Å². The van der Waals surface area contributed by atoms with Crippen molar-refractivity contribution in [2.24, 2.45) is 5.92 Å². The number of carbonyl (C=O) groups excluding carboxylic acids is 1. The highest BCUT2D eigenvalue weighted by atomic mass is 16.1. The van der Waals surface area contributed by atoms with E-state index in [2.05, 4.69) is 29.4 Å². The van der Waals surface area contributed by atoms with Crippen LogP contribution in [0.5, 0.6) is 0 Å². The molecule has 0 aliphatic rings. The second-order valence-electron chi connectivity index (χ2n) is 4.30. The summed E-state index contributed by atoms with van der Waals surface area (Å²) in [5, 5.41) is 9.67. The van der Waals surface area contributed by atoms with Crippen LogP contribution in [0.2, 0.25) is 0 Å². The fraction of sp³-hybridized carbons (Fsp3) is 0.636. The zero-order chi connectivity index (χ0) is 11.4. The molecule has 84 valence electrons. The zero-order valence-electron chi connectivity index (χ0n) is 9.85. The summed E-state index contributed by atoms with van der Waals surface area (Å²) in [6, 6.07) is 0. The molecule has 0 radical (unpaired) electrons. The van der Waals surface area contributed by atoms with E-state index in [9.17, 15) is 4.79 Å². The molecule has 4 nitrogen and oxygen atoms in total. The normalized spacial score (nSPS) is 10.7. The molecule has 1 rings (SSSR count). The second kappa shape index (κ2) is 4.96. The summed E-state index contributed by atoms with van der Waals surface area (Å²) in [6.07, 6.45) is 1.47. The molecular weight excluding hydrogens is 190 g/mol. The molecule has 0 atom stereocenters. The number of aromatic nitrogens is 2. The lowest BCUT2D eigenvalue weighted by atomic mass is 10.1. The topological polar surface area (TPSA) is 57.8 Å². The summed E-state index contributed by atoms with van der Waals surface area (Å²) in [5.41, 5.74) is 2.00. The minimum Gasteiger partial charge on any atom is -0.309 e. The van der Waals surface area contributed by atoms with Crippen LogP contribution in [0.15, 0.2) is 0 Å². The Labute approximate surface area is 90.5 Å². The number of aryl methyl sites for hydroxylation is 1. The molecule has 0 unspecified atom stereocenters. The number of carbonyl (C=O) groups is 1. The van der Waals surface area contributed by atoms with Crippen LogP contribution in [0.3, 0.4) is 0 Å². The maximum Gasteiger partial charge on any atom is 0.225 e. The first-order valence-electron chi connectivity index (χ1n) is 5.32. The number of anilines is 1. The third-order valence-corrected chi connectivity index (χ3v) is 2.46. The molecule has 15 heavy (non-hydrogen) atoms. The third kappa shape index (κ3) is 3.38. The average molecular weight is 209 g/mol. The van der Waals surface area contributed by atoms with Gasteiger partial charge in [0.15, 0.2) is 5.82 Å². The van der Waals surface area contributed by atoms with Crippen LogP contribution < -0.4 is 5.32 Å². The molecule has 0 aliphatic heterocycles. The van der Waals surface area contributed by atoms with Gasteiger partial charge in [0.25, 0.3) is 0 Å². The molecule has 2 N–H and O–H groups in total. The van der Waals surface area contributed by atoms with Crippen molar-refractivity contribution in [2.45, 2.75) is 40.5 Å². The molecule has 1 heterocycles.